The standard InChI is InChI=1S/C19H26FNO2/c1-12-7-8-16-17(9-12)23-18(11-19(16,3)21-13(2)22)14-5-4-6-15(20)10-14/h4-6,10,12,16-18H,7-9,11H2,1-3H3,(H,21,22)/t12-,16-,17-,18-,19-/m1/s1. The highest BCUT2D eigenvalue weighted by molar-refractivity contribution is 5.73. The molecule has 5 atom stereocenters. The molecule has 1 saturated heterocycles. The number of carbonyl (C=O) groups is 1. The summed E-state index contributed by atoms with van der Waals surface area (Å²) in [6, 6.07) is 6.63. The zero-order valence-electron chi connectivity index (χ0n) is 14.1. The third-order valence-electron chi connectivity index (χ3n) is 5.50. The molecule has 0 radical (unpaired) electrons. The van der Waals surface area contributed by atoms with E-state index in [2.05, 4.69) is 19.2 Å². The first-order valence-corrected chi connectivity index (χ1v) is 8.57. The van der Waals surface area contributed by atoms with Gasteiger partial charge in [-0.25, -0.2) is 4.39 Å². The Morgan fingerprint density at radius 1 is 1.39 bits per heavy atom. The summed E-state index contributed by atoms with van der Waals surface area (Å²) in [6.45, 7) is 5.94. The molecule has 3 rings (SSSR count). The number of hydrogen-bond acceptors (Lipinski definition) is 2. The zero-order valence-corrected chi connectivity index (χ0v) is 14.1. The number of rotatable bonds is 2. The van der Waals surface area contributed by atoms with Crippen molar-refractivity contribution in [2.24, 2.45) is 11.8 Å². The number of ether oxygens (including phenoxy) is 1. The molecule has 4 heteroatoms. The summed E-state index contributed by atoms with van der Waals surface area (Å²) >= 11 is 0. The molecule has 0 aromatic heterocycles. The third kappa shape index (κ3) is 3.42. The molecule has 1 aromatic carbocycles. The fraction of sp³-hybridized carbons (Fsp3) is 0.632. The second-order valence-electron chi connectivity index (χ2n) is 7.55. The first-order valence-electron chi connectivity index (χ1n) is 8.57. The molecule has 1 saturated carbocycles. The number of fused-ring (bicyclic) bond motifs is 1. The number of amides is 1. The van der Waals surface area contributed by atoms with Crippen molar-refractivity contribution < 1.29 is 13.9 Å². The molecule has 1 heterocycles. The minimum Gasteiger partial charge on any atom is -0.370 e. The predicted molar refractivity (Wildman–Crippen MR) is 87.4 cm³/mol. The Morgan fingerprint density at radius 2 is 2.17 bits per heavy atom. The van der Waals surface area contributed by atoms with Gasteiger partial charge in [0.2, 0.25) is 5.91 Å². The van der Waals surface area contributed by atoms with Crippen LogP contribution < -0.4 is 5.32 Å². The van der Waals surface area contributed by atoms with Crippen molar-refractivity contribution in [2.45, 2.75) is 64.2 Å². The second kappa shape index (κ2) is 6.23. The van der Waals surface area contributed by atoms with Crippen LogP contribution in [-0.4, -0.2) is 17.6 Å². The third-order valence-corrected chi connectivity index (χ3v) is 5.50. The van der Waals surface area contributed by atoms with Crippen molar-refractivity contribution in [1.29, 1.82) is 0 Å². The summed E-state index contributed by atoms with van der Waals surface area (Å²) in [6.07, 6.45) is 3.88. The largest absolute Gasteiger partial charge is 0.370 e. The number of nitrogens with one attached hydrogen (secondary N) is 1. The fourth-order valence-corrected chi connectivity index (χ4v) is 4.45. The molecule has 1 N–H and O–H groups in total. The van der Waals surface area contributed by atoms with E-state index in [1.54, 1.807) is 19.1 Å². The quantitative estimate of drug-likeness (QED) is 0.895. The minimum absolute atomic E-state index is 0.00948. The molecule has 2 aliphatic rings. The van der Waals surface area contributed by atoms with Crippen LogP contribution in [0, 0.1) is 17.7 Å². The SMILES string of the molecule is CC(=O)N[C@]1(C)C[C@H](c2cccc(F)c2)O[C@@H]2C[C@H](C)CC[C@H]21. The average Bonchev–Trinajstić information content (AvgIpc) is 2.45. The van der Waals surface area contributed by atoms with Crippen LogP contribution >= 0.6 is 0 Å². The Kier molecular flexibility index (Phi) is 4.45. The predicted octanol–water partition coefficient (Wildman–Crippen LogP) is 3.99. The molecule has 1 aliphatic carbocycles. The molecule has 0 bridgehead atoms. The Labute approximate surface area is 137 Å². The van der Waals surface area contributed by atoms with Crippen LogP contribution in [0.3, 0.4) is 0 Å². The van der Waals surface area contributed by atoms with Gasteiger partial charge in [0.05, 0.1) is 12.2 Å². The van der Waals surface area contributed by atoms with E-state index in [0.29, 0.717) is 18.3 Å². The van der Waals surface area contributed by atoms with E-state index in [-0.39, 0.29) is 29.5 Å². The van der Waals surface area contributed by atoms with Crippen LogP contribution in [-0.2, 0) is 9.53 Å². The zero-order chi connectivity index (χ0) is 16.6. The summed E-state index contributed by atoms with van der Waals surface area (Å²) in [7, 11) is 0. The van der Waals surface area contributed by atoms with Gasteiger partial charge < -0.3 is 10.1 Å². The highest BCUT2D eigenvalue weighted by Crippen LogP contribution is 2.47. The first-order chi connectivity index (χ1) is 10.9. The molecule has 3 nitrogen and oxygen atoms in total. The average molecular weight is 319 g/mol. The Bertz CT molecular complexity index is 590. The minimum atomic E-state index is -0.300. The van der Waals surface area contributed by atoms with Gasteiger partial charge in [0.1, 0.15) is 5.82 Å². The Hall–Kier alpha value is -1.42. The Balaban J connectivity index is 1.90. The van der Waals surface area contributed by atoms with Crippen LogP contribution in [0.2, 0.25) is 0 Å². The van der Waals surface area contributed by atoms with Crippen LogP contribution in [0.15, 0.2) is 24.3 Å². The topological polar surface area (TPSA) is 38.3 Å². The summed E-state index contributed by atoms with van der Waals surface area (Å²) in [5, 5.41) is 3.17. The van der Waals surface area contributed by atoms with Gasteiger partial charge in [0, 0.05) is 24.8 Å². The van der Waals surface area contributed by atoms with E-state index in [0.717, 1.165) is 18.4 Å². The van der Waals surface area contributed by atoms with Gasteiger partial charge in [-0.15, -0.1) is 0 Å². The molecular formula is C19H26FNO2. The monoisotopic (exact) mass is 319 g/mol. The maximum absolute atomic E-state index is 13.6. The molecule has 1 amide bonds. The lowest BCUT2D eigenvalue weighted by molar-refractivity contribution is -0.153. The lowest BCUT2D eigenvalue weighted by Crippen LogP contribution is -2.60. The molecular weight excluding hydrogens is 293 g/mol. The summed E-state index contributed by atoms with van der Waals surface area (Å²) in [4.78, 5) is 11.7. The van der Waals surface area contributed by atoms with Crippen molar-refractivity contribution >= 4 is 5.91 Å². The molecule has 1 aromatic rings. The van der Waals surface area contributed by atoms with E-state index in [1.807, 2.05) is 6.07 Å². The molecule has 0 unspecified atom stereocenters. The number of hydrogen-bond donors (Lipinski definition) is 1. The van der Waals surface area contributed by atoms with Gasteiger partial charge in [0.25, 0.3) is 0 Å². The van der Waals surface area contributed by atoms with Gasteiger partial charge in [-0.05, 0) is 43.4 Å². The van der Waals surface area contributed by atoms with E-state index in [9.17, 15) is 9.18 Å². The maximum atomic E-state index is 13.6. The number of carbonyl (C=O) groups excluding carboxylic acids is 1. The maximum Gasteiger partial charge on any atom is 0.217 e. The van der Waals surface area contributed by atoms with Gasteiger partial charge in [0.15, 0.2) is 0 Å². The molecule has 0 spiro atoms. The van der Waals surface area contributed by atoms with Gasteiger partial charge in [-0.2, -0.15) is 0 Å². The normalized spacial score (nSPS) is 37.0. The van der Waals surface area contributed by atoms with Crippen molar-refractivity contribution in [3.8, 4) is 0 Å². The van der Waals surface area contributed by atoms with Gasteiger partial charge in [-0.3, -0.25) is 4.79 Å². The second-order valence-corrected chi connectivity index (χ2v) is 7.55. The van der Waals surface area contributed by atoms with Gasteiger partial charge in [-0.1, -0.05) is 25.5 Å². The fourth-order valence-electron chi connectivity index (χ4n) is 4.45. The van der Waals surface area contributed by atoms with Gasteiger partial charge >= 0.3 is 0 Å². The summed E-state index contributed by atoms with van der Waals surface area (Å²) in [5.41, 5.74) is 0.560. The highest BCUT2D eigenvalue weighted by atomic mass is 19.1. The van der Waals surface area contributed by atoms with E-state index < -0.39 is 0 Å². The van der Waals surface area contributed by atoms with E-state index in [4.69, 9.17) is 4.74 Å². The van der Waals surface area contributed by atoms with Crippen molar-refractivity contribution in [3.05, 3.63) is 35.6 Å². The molecule has 2 fully saturated rings. The van der Waals surface area contributed by atoms with Crippen LogP contribution in [0.5, 0.6) is 0 Å². The van der Waals surface area contributed by atoms with Crippen LogP contribution in [0.1, 0.15) is 58.1 Å². The summed E-state index contributed by atoms with van der Waals surface area (Å²) in [5.74, 6) is 0.702. The molecule has 23 heavy (non-hydrogen) atoms. The van der Waals surface area contributed by atoms with Crippen molar-refractivity contribution in [3.63, 3.8) is 0 Å². The summed E-state index contributed by atoms with van der Waals surface area (Å²) < 4.78 is 20.0. The smallest absolute Gasteiger partial charge is 0.217 e. The van der Waals surface area contributed by atoms with E-state index in [1.165, 1.54) is 12.5 Å². The van der Waals surface area contributed by atoms with Crippen LogP contribution in [0.4, 0.5) is 4.39 Å². The van der Waals surface area contributed by atoms with E-state index >= 15 is 0 Å². The van der Waals surface area contributed by atoms with Crippen LogP contribution in [0.25, 0.3) is 0 Å². The molecule has 1 aliphatic heterocycles. The first kappa shape index (κ1) is 16.4. The van der Waals surface area contributed by atoms with Crippen molar-refractivity contribution in [1.82, 2.24) is 5.32 Å². The lowest BCUT2D eigenvalue weighted by Gasteiger charge is -2.52. The molecule has 126 valence electrons. The number of halogens is 1. The van der Waals surface area contributed by atoms with Crippen molar-refractivity contribution in [2.75, 3.05) is 0 Å². The highest BCUT2D eigenvalue weighted by Gasteiger charge is 2.49. The number of benzene rings is 1. The lowest BCUT2D eigenvalue weighted by atomic mass is 9.66. The Morgan fingerprint density at radius 3 is 2.87 bits per heavy atom.